The van der Waals surface area contributed by atoms with E-state index >= 15 is 0 Å². The van der Waals surface area contributed by atoms with Gasteiger partial charge >= 0.3 is 0 Å². The van der Waals surface area contributed by atoms with Crippen LogP contribution in [0.2, 0.25) is 0 Å². The van der Waals surface area contributed by atoms with E-state index in [1.54, 1.807) is 0 Å². The molecule has 2 aromatic rings. The number of carbonyl (C=O) groups excluding carboxylic acids is 1. The molecule has 0 saturated heterocycles. The largest absolute Gasteiger partial charge is 0.353 e. The molecule has 1 aliphatic rings. The molecule has 6 heteroatoms. The zero-order valence-corrected chi connectivity index (χ0v) is 14.3. The Morgan fingerprint density at radius 3 is 2.70 bits per heavy atom. The van der Waals surface area contributed by atoms with Crippen molar-refractivity contribution in [3.8, 4) is 0 Å². The Balaban J connectivity index is 1.73. The van der Waals surface area contributed by atoms with Gasteiger partial charge in [-0.25, -0.2) is 0 Å². The molecule has 1 heterocycles. The molecule has 23 heavy (non-hydrogen) atoms. The average molecular weight is 330 g/mol. The highest BCUT2D eigenvalue weighted by Crippen LogP contribution is 2.40. The zero-order chi connectivity index (χ0) is 16.2. The number of rotatable bonds is 7. The third kappa shape index (κ3) is 4.34. The molecule has 0 radical (unpaired) electrons. The first-order valence-corrected chi connectivity index (χ1v) is 9.01. The van der Waals surface area contributed by atoms with Crippen molar-refractivity contribution in [1.29, 1.82) is 0 Å². The minimum atomic E-state index is 0.0345. The second kappa shape index (κ2) is 7.17. The van der Waals surface area contributed by atoms with Crippen LogP contribution in [0.15, 0.2) is 35.5 Å². The molecule has 0 bridgehead atoms. The summed E-state index contributed by atoms with van der Waals surface area (Å²) in [7, 11) is 0. The molecule has 0 aliphatic heterocycles. The van der Waals surface area contributed by atoms with E-state index < -0.39 is 0 Å². The fraction of sp³-hybridized carbons (Fsp3) is 0.471. The maximum absolute atomic E-state index is 11.9. The highest BCUT2D eigenvalue weighted by molar-refractivity contribution is 7.99. The molecule has 1 N–H and O–H groups in total. The number of hydrogen-bond acceptors (Lipinski definition) is 4. The van der Waals surface area contributed by atoms with E-state index in [0.29, 0.717) is 11.7 Å². The van der Waals surface area contributed by atoms with E-state index in [0.717, 1.165) is 17.5 Å². The van der Waals surface area contributed by atoms with Gasteiger partial charge < -0.3 is 9.88 Å². The Morgan fingerprint density at radius 1 is 1.30 bits per heavy atom. The highest BCUT2D eigenvalue weighted by Gasteiger charge is 2.30. The van der Waals surface area contributed by atoms with Crippen LogP contribution in [-0.4, -0.2) is 32.5 Å². The third-order valence-electron chi connectivity index (χ3n) is 3.65. The van der Waals surface area contributed by atoms with E-state index in [4.69, 9.17) is 0 Å². The van der Waals surface area contributed by atoms with Gasteiger partial charge in [-0.05, 0) is 32.3 Å². The fourth-order valence-corrected chi connectivity index (χ4v) is 3.21. The standard InChI is InChI=1S/C17H22N4OS/c1-12(2)18-15(22)11-23-17-20-19-16(14-8-9-14)21(17)10-13-6-4-3-5-7-13/h3-7,12,14H,8-11H2,1-2H3,(H,18,22). The summed E-state index contributed by atoms with van der Waals surface area (Å²) in [6.45, 7) is 4.69. The van der Waals surface area contributed by atoms with E-state index in [-0.39, 0.29) is 11.9 Å². The smallest absolute Gasteiger partial charge is 0.230 e. The predicted molar refractivity (Wildman–Crippen MR) is 91.5 cm³/mol. The maximum atomic E-state index is 11.9. The van der Waals surface area contributed by atoms with Crippen LogP contribution in [0.5, 0.6) is 0 Å². The third-order valence-corrected chi connectivity index (χ3v) is 4.62. The first-order chi connectivity index (χ1) is 11.1. The van der Waals surface area contributed by atoms with Crippen LogP contribution in [0.25, 0.3) is 0 Å². The molecule has 0 unspecified atom stereocenters. The predicted octanol–water partition coefficient (Wildman–Crippen LogP) is 2.82. The van der Waals surface area contributed by atoms with E-state index in [2.05, 4.69) is 32.2 Å². The second-order valence-electron chi connectivity index (χ2n) is 6.20. The first-order valence-electron chi connectivity index (χ1n) is 8.02. The summed E-state index contributed by atoms with van der Waals surface area (Å²) < 4.78 is 2.17. The second-order valence-corrected chi connectivity index (χ2v) is 7.14. The summed E-state index contributed by atoms with van der Waals surface area (Å²) in [4.78, 5) is 11.9. The lowest BCUT2D eigenvalue weighted by molar-refractivity contribution is -0.119. The van der Waals surface area contributed by atoms with Crippen LogP contribution in [0.1, 0.15) is 44.0 Å². The summed E-state index contributed by atoms with van der Waals surface area (Å²) in [6, 6.07) is 10.5. The monoisotopic (exact) mass is 330 g/mol. The number of nitrogens with zero attached hydrogens (tertiary/aromatic N) is 3. The average Bonchev–Trinajstić information content (AvgIpc) is 3.28. The number of benzene rings is 1. The fourth-order valence-electron chi connectivity index (χ4n) is 2.46. The molecule has 122 valence electrons. The molecule has 1 aliphatic carbocycles. The molecular formula is C17H22N4OS. The van der Waals surface area contributed by atoms with Crippen molar-refractivity contribution in [1.82, 2.24) is 20.1 Å². The van der Waals surface area contributed by atoms with Gasteiger partial charge in [-0.2, -0.15) is 0 Å². The van der Waals surface area contributed by atoms with Gasteiger partial charge in [-0.1, -0.05) is 42.1 Å². The van der Waals surface area contributed by atoms with Crippen LogP contribution in [0.4, 0.5) is 0 Å². The molecule has 1 amide bonds. The van der Waals surface area contributed by atoms with E-state index in [9.17, 15) is 4.79 Å². The Hall–Kier alpha value is -1.82. The molecule has 1 fully saturated rings. The summed E-state index contributed by atoms with van der Waals surface area (Å²) in [5.41, 5.74) is 1.22. The van der Waals surface area contributed by atoms with Crippen LogP contribution in [0, 0.1) is 0 Å². The summed E-state index contributed by atoms with van der Waals surface area (Å²) in [5.74, 6) is 1.99. The molecule has 5 nitrogen and oxygen atoms in total. The van der Waals surface area contributed by atoms with Crippen molar-refractivity contribution in [3.63, 3.8) is 0 Å². The van der Waals surface area contributed by atoms with Crippen molar-refractivity contribution in [2.45, 2.75) is 50.4 Å². The Bertz CT molecular complexity index is 664. The SMILES string of the molecule is CC(C)NC(=O)CSc1nnc(C2CC2)n1Cc1ccccc1. The lowest BCUT2D eigenvalue weighted by atomic mass is 10.2. The van der Waals surface area contributed by atoms with Gasteiger partial charge in [0.15, 0.2) is 5.16 Å². The van der Waals surface area contributed by atoms with Crippen LogP contribution < -0.4 is 5.32 Å². The summed E-state index contributed by atoms with van der Waals surface area (Å²) in [6.07, 6.45) is 2.37. The van der Waals surface area contributed by atoms with Gasteiger partial charge in [0.05, 0.1) is 12.3 Å². The van der Waals surface area contributed by atoms with Gasteiger partial charge in [0, 0.05) is 12.0 Å². The number of amides is 1. The summed E-state index contributed by atoms with van der Waals surface area (Å²) >= 11 is 1.46. The normalized spacial score (nSPS) is 14.2. The van der Waals surface area contributed by atoms with Gasteiger partial charge in [-0.15, -0.1) is 10.2 Å². The zero-order valence-electron chi connectivity index (χ0n) is 13.5. The van der Waals surface area contributed by atoms with E-state index in [1.807, 2.05) is 32.0 Å². The molecule has 1 aromatic heterocycles. The molecule has 0 atom stereocenters. The number of aromatic nitrogens is 3. The maximum Gasteiger partial charge on any atom is 0.230 e. The molecule has 1 aromatic carbocycles. The molecular weight excluding hydrogens is 308 g/mol. The number of hydrogen-bond donors (Lipinski definition) is 1. The Morgan fingerprint density at radius 2 is 2.04 bits per heavy atom. The topological polar surface area (TPSA) is 59.8 Å². The van der Waals surface area contributed by atoms with Crippen molar-refractivity contribution in [2.75, 3.05) is 5.75 Å². The van der Waals surface area contributed by atoms with Crippen LogP contribution in [0.3, 0.4) is 0 Å². The van der Waals surface area contributed by atoms with Gasteiger partial charge in [0.2, 0.25) is 5.91 Å². The quantitative estimate of drug-likeness (QED) is 0.793. The van der Waals surface area contributed by atoms with Crippen LogP contribution in [-0.2, 0) is 11.3 Å². The number of carbonyl (C=O) groups is 1. The molecule has 1 saturated carbocycles. The van der Waals surface area contributed by atoms with Gasteiger partial charge in [-0.3, -0.25) is 4.79 Å². The van der Waals surface area contributed by atoms with Crippen molar-refractivity contribution in [3.05, 3.63) is 41.7 Å². The highest BCUT2D eigenvalue weighted by atomic mass is 32.2. The number of nitrogens with one attached hydrogen (secondary N) is 1. The van der Waals surface area contributed by atoms with Gasteiger partial charge in [0.25, 0.3) is 0 Å². The molecule has 0 spiro atoms. The van der Waals surface area contributed by atoms with Crippen molar-refractivity contribution < 1.29 is 4.79 Å². The molecule has 3 rings (SSSR count). The van der Waals surface area contributed by atoms with Gasteiger partial charge in [0.1, 0.15) is 5.82 Å². The minimum Gasteiger partial charge on any atom is -0.353 e. The Labute approximate surface area is 140 Å². The summed E-state index contributed by atoms with van der Waals surface area (Å²) in [5, 5.41) is 12.4. The lowest BCUT2D eigenvalue weighted by Gasteiger charge is -2.11. The number of thioether (sulfide) groups is 1. The van der Waals surface area contributed by atoms with Crippen molar-refractivity contribution in [2.24, 2.45) is 0 Å². The minimum absolute atomic E-state index is 0.0345. The lowest BCUT2D eigenvalue weighted by Crippen LogP contribution is -2.31. The van der Waals surface area contributed by atoms with Crippen LogP contribution >= 0.6 is 11.8 Å². The first kappa shape index (κ1) is 16.1. The Kier molecular flexibility index (Phi) is 5.00. The van der Waals surface area contributed by atoms with Crippen molar-refractivity contribution >= 4 is 17.7 Å². The van der Waals surface area contributed by atoms with E-state index in [1.165, 1.54) is 30.2 Å².